The number of hydrogen-bond donors (Lipinski definition) is 1. The van der Waals surface area contributed by atoms with Crippen molar-refractivity contribution in [3.8, 4) is 0 Å². The molecule has 186 valence electrons. The third kappa shape index (κ3) is 3.40. The van der Waals surface area contributed by atoms with E-state index in [9.17, 15) is 14.4 Å². The number of para-hydroxylation sites is 1. The maximum Gasteiger partial charge on any atom is 0.373 e. The molecule has 2 aromatic carbocycles. The topological polar surface area (TPSA) is 98.0 Å². The van der Waals surface area contributed by atoms with Crippen LogP contribution in [0.5, 0.6) is 0 Å². The Morgan fingerprint density at radius 1 is 1.00 bits per heavy atom. The Balaban J connectivity index is 1.41. The summed E-state index contributed by atoms with van der Waals surface area (Å²) in [5, 5.41) is 7.98. The third-order valence-electron chi connectivity index (χ3n) is 9.03. The number of fused-ring (bicyclic) bond motifs is 3. The highest BCUT2D eigenvalue weighted by atomic mass is 16.7. The summed E-state index contributed by atoms with van der Waals surface area (Å²) in [6.07, 6.45) is 1.84. The minimum atomic E-state index is -0.875. The molecule has 1 N–H and O–H groups in total. The smallest absolute Gasteiger partial charge is 0.373 e. The molecule has 0 radical (unpaired) electrons. The molecule has 36 heavy (non-hydrogen) atoms. The van der Waals surface area contributed by atoms with E-state index in [1.54, 1.807) is 24.3 Å². The lowest BCUT2D eigenvalue weighted by Crippen LogP contribution is -2.43. The van der Waals surface area contributed by atoms with Gasteiger partial charge in [-0.1, -0.05) is 50.2 Å². The summed E-state index contributed by atoms with van der Waals surface area (Å²) in [6, 6.07) is 14.3. The standard InChI is InChI=1S/C29H30N2O5/c1-17-10-11-20(14-18(17)2)30-26(34)29-13-12-28(5,27(29,3)4)23(16-29)31-36-25(33)21-15-19-8-6-7-9-22(19)35-24(21)32/h6-11,14-15H,12-13,16H2,1-5H3,(H,30,34)/b31-23-. The summed E-state index contributed by atoms with van der Waals surface area (Å²) >= 11 is 0. The number of nitrogens with zero attached hydrogens (tertiary/aromatic N) is 1. The molecule has 3 aromatic rings. The zero-order valence-electron chi connectivity index (χ0n) is 21.2. The summed E-state index contributed by atoms with van der Waals surface area (Å²) < 4.78 is 5.25. The van der Waals surface area contributed by atoms with E-state index in [-0.39, 0.29) is 11.5 Å². The fourth-order valence-electron chi connectivity index (χ4n) is 5.94. The highest BCUT2D eigenvalue weighted by molar-refractivity contribution is 6.06. The SMILES string of the molecule is Cc1ccc(NC(=O)C23CCC(C)(/C(=N\OC(=O)c4cc5ccccc5oc4=O)C2)C3(C)C)cc1C. The molecular formula is C29H30N2O5. The number of aryl methyl sites for hydroxylation is 2. The predicted octanol–water partition coefficient (Wildman–Crippen LogP) is 5.78. The van der Waals surface area contributed by atoms with Crippen LogP contribution >= 0.6 is 0 Å². The average Bonchev–Trinajstić information content (AvgIpc) is 3.15. The van der Waals surface area contributed by atoms with Crippen molar-refractivity contribution in [3.63, 3.8) is 0 Å². The normalized spacial score (nSPS) is 25.3. The van der Waals surface area contributed by atoms with Crippen molar-refractivity contribution in [1.82, 2.24) is 0 Å². The summed E-state index contributed by atoms with van der Waals surface area (Å²) in [5.74, 6) is -0.925. The Bertz CT molecular complexity index is 1500. The molecule has 7 nitrogen and oxygen atoms in total. The summed E-state index contributed by atoms with van der Waals surface area (Å²) in [5.41, 5.74) is 1.57. The fraction of sp³-hybridized carbons (Fsp3) is 0.379. The number of carbonyl (C=O) groups excluding carboxylic acids is 2. The van der Waals surface area contributed by atoms with Crippen molar-refractivity contribution in [1.29, 1.82) is 0 Å². The molecule has 2 atom stereocenters. The Labute approximate surface area is 209 Å². The number of amides is 1. The van der Waals surface area contributed by atoms with E-state index >= 15 is 0 Å². The first-order chi connectivity index (χ1) is 17.0. The Kier molecular flexibility index (Phi) is 5.43. The van der Waals surface area contributed by atoms with Crippen LogP contribution in [0.3, 0.4) is 0 Å². The van der Waals surface area contributed by atoms with Gasteiger partial charge in [0.2, 0.25) is 5.91 Å². The van der Waals surface area contributed by atoms with Crippen LogP contribution in [0.2, 0.25) is 0 Å². The largest absolute Gasteiger partial charge is 0.422 e. The van der Waals surface area contributed by atoms with Crippen molar-refractivity contribution < 1.29 is 18.8 Å². The molecule has 5 rings (SSSR count). The summed E-state index contributed by atoms with van der Waals surface area (Å²) in [7, 11) is 0. The quantitative estimate of drug-likeness (QED) is 0.286. The second-order valence-corrected chi connectivity index (χ2v) is 10.9. The number of anilines is 1. The zero-order valence-corrected chi connectivity index (χ0v) is 21.2. The molecule has 2 unspecified atom stereocenters. The van der Waals surface area contributed by atoms with Gasteiger partial charge in [-0.05, 0) is 67.5 Å². The van der Waals surface area contributed by atoms with Gasteiger partial charge in [0.15, 0.2) is 0 Å². The van der Waals surface area contributed by atoms with Crippen LogP contribution in [0.1, 0.15) is 61.5 Å². The van der Waals surface area contributed by atoms with Gasteiger partial charge in [0.05, 0.1) is 11.1 Å². The predicted molar refractivity (Wildman–Crippen MR) is 138 cm³/mol. The van der Waals surface area contributed by atoms with Crippen LogP contribution < -0.4 is 10.9 Å². The minimum absolute atomic E-state index is 0.0498. The van der Waals surface area contributed by atoms with Crippen molar-refractivity contribution >= 4 is 34.2 Å². The van der Waals surface area contributed by atoms with Gasteiger partial charge in [-0.3, -0.25) is 4.79 Å². The zero-order chi connectivity index (χ0) is 25.9. The third-order valence-corrected chi connectivity index (χ3v) is 9.03. The summed E-state index contributed by atoms with van der Waals surface area (Å²) in [6.45, 7) is 10.3. The van der Waals surface area contributed by atoms with Crippen LogP contribution in [0, 0.1) is 30.1 Å². The van der Waals surface area contributed by atoms with E-state index in [1.165, 1.54) is 6.07 Å². The second kappa shape index (κ2) is 8.15. The van der Waals surface area contributed by atoms with Crippen LogP contribution in [0.4, 0.5) is 5.69 Å². The van der Waals surface area contributed by atoms with Gasteiger partial charge in [-0.25, -0.2) is 9.59 Å². The lowest BCUT2D eigenvalue weighted by molar-refractivity contribution is -0.130. The van der Waals surface area contributed by atoms with Crippen LogP contribution in [-0.2, 0) is 9.63 Å². The first kappa shape index (κ1) is 24.0. The van der Waals surface area contributed by atoms with Gasteiger partial charge in [0, 0.05) is 22.9 Å². The lowest BCUT2D eigenvalue weighted by atomic mass is 9.64. The van der Waals surface area contributed by atoms with E-state index < -0.39 is 27.8 Å². The Morgan fingerprint density at radius 3 is 2.50 bits per heavy atom. The van der Waals surface area contributed by atoms with Crippen molar-refractivity contribution in [3.05, 3.63) is 75.6 Å². The number of carbonyl (C=O) groups is 2. The molecule has 1 heterocycles. The lowest BCUT2D eigenvalue weighted by Gasteiger charge is -2.39. The van der Waals surface area contributed by atoms with Crippen molar-refractivity contribution in [2.24, 2.45) is 21.4 Å². The van der Waals surface area contributed by atoms with E-state index in [4.69, 9.17) is 9.25 Å². The molecule has 2 fully saturated rings. The Hall–Kier alpha value is -3.74. The van der Waals surface area contributed by atoms with Gasteiger partial charge in [0.25, 0.3) is 0 Å². The molecule has 7 heteroatoms. The van der Waals surface area contributed by atoms with Crippen molar-refractivity contribution in [2.75, 3.05) is 5.32 Å². The minimum Gasteiger partial charge on any atom is -0.422 e. The summed E-state index contributed by atoms with van der Waals surface area (Å²) in [4.78, 5) is 44.1. The molecule has 1 aromatic heterocycles. The molecule has 2 saturated carbocycles. The van der Waals surface area contributed by atoms with Crippen molar-refractivity contribution in [2.45, 2.75) is 53.9 Å². The number of benzene rings is 2. The van der Waals surface area contributed by atoms with Gasteiger partial charge in [0.1, 0.15) is 11.1 Å². The monoisotopic (exact) mass is 486 g/mol. The molecule has 0 aliphatic heterocycles. The molecular weight excluding hydrogens is 456 g/mol. The molecule has 0 saturated heterocycles. The number of oxime groups is 1. The van der Waals surface area contributed by atoms with Gasteiger partial charge >= 0.3 is 11.6 Å². The first-order valence-electron chi connectivity index (χ1n) is 12.2. The van der Waals surface area contributed by atoms with Gasteiger partial charge in [-0.2, -0.15) is 0 Å². The van der Waals surface area contributed by atoms with Crippen LogP contribution in [-0.4, -0.2) is 17.6 Å². The van der Waals surface area contributed by atoms with E-state index in [0.29, 0.717) is 29.5 Å². The first-order valence-corrected chi connectivity index (χ1v) is 12.2. The van der Waals surface area contributed by atoms with Crippen LogP contribution in [0.25, 0.3) is 11.0 Å². The molecule has 0 spiro atoms. The number of hydrogen-bond acceptors (Lipinski definition) is 6. The van der Waals surface area contributed by atoms with E-state index in [0.717, 1.165) is 23.2 Å². The number of nitrogens with one attached hydrogen (secondary N) is 1. The van der Waals surface area contributed by atoms with Crippen LogP contribution in [0.15, 0.2) is 62.9 Å². The fourth-order valence-corrected chi connectivity index (χ4v) is 5.94. The maximum atomic E-state index is 13.7. The van der Waals surface area contributed by atoms with E-state index in [2.05, 4.69) is 31.2 Å². The molecule has 2 bridgehead atoms. The molecule has 2 aliphatic carbocycles. The Morgan fingerprint density at radius 2 is 1.75 bits per heavy atom. The average molecular weight is 487 g/mol. The highest BCUT2D eigenvalue weighted by Crippen LogP contribution is 2.71. The molecule has 2 aliphatic rings. The van der Waals surface area contributed by atoms with Gasteiger partial charge in [-0.15, -0.1) is 0 Å². The molecule has 1 amide bonds. The van der Waals surface area contributed by atoms with E-state index in [1.807, 2.05) is 32.0 Å². The number of rotatable bonds is 4. The highest BCUT2D eigenvalue weighted by Gasteiger charge is 2.71. The van der Waals surface area contributed by atoms with Gasteiger partial charge < -0.3 is 14.6 Å². The maximum absolute atomic E-state index is 13.7. The second-order valence-electron chi connectivity index (χ2n) is 10.9.